The molecule has 0 aromatic carbocycles. The molecule has 18 heavy (non-hydrogen) atoms. The van der Waals surface area contributed by atoms with E-state index in [-0.39, 0.29) is 11.3 Å². The van der Waals surface area contributed by atoms with Crippen molar-refractivity contribution in [2.24, 2.45) is 0 Å². The van der Waals surface area contributed by atoms with Gasteiger partial charge in [-0.25, -0.2) is 4.85 Å². The van der Waals surface area contributed by atoms with Crippen LogP contribution in [0.15, 0.2) is 11.3 Å². The van der Waals surface area contributed by atoms with Crippen molar-refractivity contribution in [2.45, 2.75) is 51.0 Å². The molecule has 4 heteroatoms. The van der Waals surface area contributed by atoms with E-state index >= 15 is 0 Å². The highest BCUT2D eigenvalue weighted by Crippen LogP contribution is 2.42. The molecule has 0 aromatic heterocycles. The Morgan fingerprint density at radius 3 is 2.83 bits per heavy atom. The molecule has 2 rings (SSSR count). The van der Waals surface area contributed by atoms with Crippen molar-refractivity contribution >= 4 is 5.97 Å². The fourth-order valence-corrected chi connectivity index (χ4v) is 2.93. The maximum absolute atomic E-state index is 11.7. The van der Waals surface area contributed by atoms with Crippen LogP contribution in [0.5, 0.6) is 0 Å². The summed E-state index contributed by atoms with van der Waals surface area (Å²) in [7, 11) is 0. The molecule has 0 N–H and O–H groups in total. The highest BCUT2D eigenvalue weighted by molar-refractivity contribution is 5.91. The average molecular weight is 249 g/mol. The topological polar surface area (TPSA) is 39.9 Å². The molecule has 0 bridgehead atoms. The summed E-state index contributed by atoms with van der Waals surface area (Å²) in [5.41, 5.74) is 1.01. The van der Waals surface area contributed by atoms with Gasteiger partial charge in [0.1, 0.15) is 0 Å². The number of hydrogen-bond donors (Lipinski definition) is 0. The molecule has 2 fully saturated rings. The number of carbonyl (C=O) groups is 1. The standard InChI is InChI=1S/C14H19NO3/c1-3-17-13(16)12(15-2)11-6-9-18-14(10-11)7-4-5-8-14/h3-10H2,1H3/b12-11+. The predicted octanol–water partition coefficient (Wildman–Crippen LogP) is 2.85. The van der Waals surface area contributed by atoms with Crippen molar-refractivity contribution < 1.29 is 14.3 Å². The summed E-state index contributed by atoms with van der Waals surface area (Å²) in [6.45, 7) is 9.88. The second-order valence-electron chi connectivity index (χ2n) is 4.95. The molecule has 1 heterocycles. The van der Waals surface area contributed by atoms with Gasteiger partial charge in [-0.3, -0.25) is 4.79 Å². The minimum Gasteiger partial charge on any atom is -0.471 e. The van der Waals surface area contributed by atoms with Crippen LogP contribution in [-0.2, 0) is 14.3 Å². The Kier molecular flexibility index (Phi) is 4.03. The molecule has 1 spiro atoms. The molecule has 1 aliphatic heterocycles. The van der Waals surface area contributed by atoms with E-state index in [1.807, 2.05) is 0 Å². The lowest BCUT2D eigenvalue weighted by Gasteiger charge is -2.35. The van der Waals surface area contributed by atoms with E-state index in [0.29, 0.717) is 19.6 Å². The van der Waals surface area contributed by atoms with Gasteiger partial charge in [0.05, 0.1) is 18.8 Å². The summed E-state index contributed by atoms with van der Waals surface area (Å²) in [5, 5.41) is 0. The zero-order valence-electron chi connectivity index (χ0n) is 10.8. The third-order valence-electron chi connectivity index (χ3n) is 3.78. The molecular weight excluding hydrogens is 230 g/mol. The highest BCUT2D eigenvalue weighted by atomic mass is 16.5. The molecule has 1 saturated carbocycles. The Bertz CT molecular complexity index is 400. The molecule has 98 valence electrons. The molecule has 1 aliphatic carbocycles. The second-order valence-corrected chi connectivity index (χ2v) is 4.95. The summed E-state index contributed by atoms with van der Waals surface area (Å²) in [4.78, 5) is 15.1. The van der Waals surface area contributed by atoms with Gasteiger partial charge in [0.15, 0.2) is 0 Å². The minimum absolute atomic E-state index is 0.101. The summed E-state index contributed by atoms with van der Waals surface area (Å²) in [5.74, 6) is -0.474. The first-order valence-corrected chi connectivity index (χ1v) is 6.61. The van der Waals surface area contributed by atoms with Crippen LogP contribution in [0.2, 0.25) is 0 Å². The number of hydrogen-bond acceptors (Lipinski definition) is 3. The Morgan fingerprint density at radius 1 is 1.50 bits per heavy atom. The fourth-order valence-electron chi connectivity index (χ4n) is 2.93. The molecule has 2 aliphatic rings. The van der Waals surface area contributed by atoms with Crippen LogP contribution >= 0.6 is 0 Å². The lowest BCUT2D eigenvalue weighted by Crippen LogP contribution is -2.34. The Labute approximate surface area is 108 Å². The van der Waals surface area contributed by atoms with Crippen LogP contribution < -0.4 is 0 Å². The minimum atomic E-state index is -0.474. The Morgan fingerprint density at radius 2 is 2.22 bits per heavy atom. The van der Waals surface area contributed by atoms with E-state index in [1.54, 1.807) is 6.92 Å². The number of rotatable bonds is 2. The molecule has 0 radical (unpaired) electrons. The SMILES string of the molecule is [C-]#[N+]/C(C(=O)OCC)=C1\CCOC2(CCCC2)C1. The lowest BCUT2D eigenvalue weighted by molar-refractivity contribution is -0.138. The number of ether oxygens (including phenoxy) is 2. The van der Waals surface area contributed by atoms with Gasteiger partial charge in [0.2, 0.25) is 0 Å². The third kappa shape index (κ3) is 2.56. The van der Waals surface area contributed by atoms with Gasteiger partial charge in [-0.15, -0.1) is 0 Å². The number of esters is 1. The van der Waals surface area contributed by atoms with Gasteiger partial charge in [-0.05, 0) is 32.6 Å². The molecule has 0 unspecified atom stereocenters. The molecule has 4 nitrogen and oxygen atoms in total. The molecule has 0 amide bonds. The summed E-state index contributed by atoms with van der Waals surface area (Å²) in [6, 6.07) is 0. The first-order valence-electron chi connectivity index (χ1n) is 6.61. The Balaban J connectivity index is 2.19. The summed E-state index contributed by atoms with van der Waals surface area (Å²) < 4.78 is 10.8. The molecule has 1 saturated heterocycles. The van der Waals surface area contributed by atoms with Gasteiger partial charge in [-0.2, -0.15) is 0 Å². The summed E-state index contributed by atoms with van der Waals surface area (Å²) in [6.07, 6.45) is 5.86. The number of nitrogens with zero attached hydrogens (tertiary/aromatic N) is 1. The van der Waals surface area contributed by atoms with Crippen LogP contribution in [0.3, 0.4) is 0 Å². The van der Waals surface area contributed by atoms with Crippen molar-refractivity contribution in [3.63, 3.8) is 0 Å². The van der Waals surface area contributed by atoms with Crippen molar-refractivity contribution in [1.29, 1.82) is 0 Å². The quantitative estimate of drug-likeness (QED) is 0.429. The first kappa shape index (κ1) is 13.1. The van der Waals surface area contributed by atoms with Crippen LogP contribution in [0.1, 0.15) is 45.4 Å². The van der Waals surface area contributed by atoms with Gasteiger partial charge >= 0.3 is 5.97 Å². The zero-order chi connectivity index (χ0) is 13.0. The van der Waals surface area contributed by atoms with Gasteiger partial charge in [0.25, 0.3) is 5.70 Å². The molecule has 0 aromatic rings. The number of carbonyl (C=O) groups excluding carboxylic acids is 1. The van der Waals surface area contributed by atoms with Crippen molar-refractivity contribution in [3.05, 3.63) is 22.7 Å². The molecule has 0 atom stereocenters. The monoisotopic (exact) mass is 249 g/mol. The Hall–Kier alpha value is -1.34. The van der Waals surface area contributed by atoms with Crippen molar-refractivity contribution in [3.8, 4) is 0 Å². The normalized spacial score (nSPS) is 24.7. The smallest absolute Gasteiger partial charge is 0.336 e. The first-order chi connectivity index (χ1) is 8.71. The highest BCUT2D eigenvalue weighted by Gasteiger charge is 2.39. The predicted molar refractivity (Wildman–Crippen MR) is 66.6 cm³/mol. The van der Waals surface area contributed by atoms with E-state index in [9.17, 15) is 4.79 Å². The second kappa shape index (κ2) is 5.53. The molecular formula is C14H19NO3. The van der Waals surface area contributed by atoms with Crippen LogP contribution in [0.4, 0.5) is 0 Å². The maximum Gasteiger partial charge on any atom is 0.336 e. The fraction of sp³-hybridized carbons (Fsp3) is 0.714. The van der Waals surface area contributed by atoms with Gasteiger partial charge in [-0.1, -0.05) is 18.4 Å². The van der Waals surface area contributed by atoms with Crippen molar-refractivity contribution in [1.82, 2.24) is 0 Å². The lowest BCUT2D eigenvalue weighted by atomic mass is 9.87. The van der Waals surface area contributed by atoms with Gasteiger partial charge in [0, 0.05) is 6.61 Å². The third-order valence-corrected chi connectivity index (χ3v) is 3.78. The van der Waals surface area contributed by atoms with E-state index < -0.39 is 5.97 Å². The van der Waals surface area contributed by atoms with E-state index in [0.717, 1.165) is 24.8 Å². The van der Waals surface area contributed by atoms with Crippen LogP contribution in [-0.4, -0.2) is 24.8 Å². The average Bonchev–Trinajstić information content (AvgIpc) is 2.79. The largest absolute Gasteiger partial charge is 0.471 e. The maximum atomic E-state index is 11.7. The van der Waals surface area contributed by atoms with E-state index in [4.69, 9.17) is 16.0 Å². The van der Waals surface area contributed by atoms with E-state index in [2.05, 4.69) is 4.85 Å². The van der Waals surface area contributed by atoms with Crippen LogP contribution in [0, 0.1) is 6.57 Å². The summed E-state index contributed by atoms with van der Waals surface area (Å²) >= 11 is 0. The van der Waals surface area contributed by atoms with E-state index in [1.165, 1.54) is 12.8 Å². The van der Waals surface area contributed by atoms with Crippen molar-refractivity contribution in [2.75, 3.05) is 13.2 Å². The van der Waals surface area contributed by atoms with Gasteiger partial charge < -0.3 is 9.47 Å². The zero-order valence-corrected chi connectivity index (χ0v) is 10.8. The van der Waals surface area contributed by atoms with Crippen LogP contribution in [0.25, 0.3) is 4.85 Å².